The Morgan fingerprint density at radius 3 is 2.62 bits per heavy atom. The maximum Gasteiger partial charge on any atom is 0.156 e. The highest BCUT2D eigenvalue weighted by atomic mass is 35.5. The molecule has 0 N–H and O–H groups in total. The smallest absolute Gasteiger partial charge is 0.156 e. The van der Waals surface area contributed by atoms with Crippen molar-refractivity contribution in [3.8, 4) is 0 Å². The highest BCUT2D eigenvalue weighted by Crippen LogP contribution is 1.88. The minimum Gasteiger partial charge on any atom is -0.236 e. The van der Waals surface area contributed by atoms with Gasteiger partial charge in [-0.2, -0.15) is 0 Å². The lowest BCUT2D eigenvalue weighted by Gasteiger charge is -1.96. The zero-order valence-corrected chi connectivity index (χ0v) is 5.78. The van der Waals surface area contributed by atoms with Crippen molar-refractivity contribution in [1.82, 2.24) is 0 Å². The standard InChI is InChI=1S/C5H11ClO2/c1-2-3-4-7-8-5-6/h2-5H2,1H3. The molecular formula is C5H11ClO2. The molecule has 0 aromatic heterocycles. The van der Waals surface area contributed by atoms with Gasteiger partial charge < -0.3 is 0 Å². The molecule has 0 heterocycles. The first-order chi connectivity index (χ1) is 3.91. The van der Waals surface area contributed by atoms with Gasteiger partial charge in [0.15, 0.2) is 6.07 Å². The van der Waals surface area contributed by atoms with Gasteiger partial charge in [0.1, 0.15) is 0 Å². The summed E-state index contributed by atoms with van der Waals surface area (Å²) in [6.45, 7) is 2.73. The molecule has 0 aliphatic carbocycles. The van der Waals surface area contributed by atoms with Crippen molar-refractivity contribution in [2.75, 3.05) is 12.7 Å². The van der Waals surface area contributed by atoms with Crippen LogP contribution >= 0.6 is 11.6 Å². The predicted molar refractivity (Wildman–Crippen MR) is 32.7 cm³/mol. The fourth-order valence-electron chi connectivity index (χ4n) is 0.294. The van der Waals surface area contributed by atoms with E-state index in [4.69, 9.17) is 11.6 Å². The Morgan fingerprint density at radius 2 is 2.12 bits per heavy atom. The van der Waals surface area contributed by atoms with Crippen LogP contribution in [0.15, 0.2) is 0 Å². The molecule has 3 heteroatoms. The molecule has 0 aliphatic rings. The first-order valence-electron chi connectivity index (χ1n) is 2.72. The van der Waals surface area contributed by atoms with Gasteiger partial charge in [-0.05, 0) is 6.42 Å². The molecule has 0 saturated carbocycles. The number of hydrogen-bond acceptors (Lipinski definition) is 2. The number of alkyl halides is 1. The van der Waals surface area contributed by atoms with E-state index in [1.807, 2.05) is 0 Å². The van der Waals surface area contributed by atoms with Crippen LogP contribution in [-0.2, 0) is 9.78 Å². The Bertz CT molecular complexity index is 35.4. The van der Waals surface area contributed by atoms with Crippen molar-refractivity contribution in [3.05, 3.63) is 0 Å². The number of unbranched alkanes of at least 4 members (excludes halogenated alkanes) is 1. The number of hydrogen-bond donors (Lipinski definition) is 0. The Balaban J connectivity index is 2.53. The van der Waals surface area contributed by atoms with Crippen LogP contribution in [0.1, 0.15) is 19.8 Å². The fourth-order valence-corrected chi connectivity index (χ4v) is 0.357. The second-order valence-electron chi connectivity index (χ2n) is 1.40. The summed E-state index contributed by atoms with van der Waals surface area (Å²) in [7, 11) is 0. The van der Waals surface area contributed by atoms with Crippen molar-refractivity contribution in [2.45, 2.75) is 19.8 Å². The highest BCUT2D eigenvalue weighted by Gasteiger charge is 1.83. The Labute approximate surface area is 54.7 Å². The SMILES string of the molecule is CCCCOOCCl. The molecule has 0 fully saturated rings. The summed E-state index contributed by atoms with van der Waals surface area (Å²) in [4.78, 5) is 8.99. The van der Waals surface area contributed by atoms with Gasteiger partial charge in [-0.3, -0.25) is 0 Å². The molecule has 0 radical (unpaired) electrons. The van der Waals surface area contributed by atoms with Crippen LogP contribution in [0.5, 0.6) is 0 Å². The van der Waals surface area contributed by atoms with Crippen molar-refractivity contribution in [3.63, 3.8) is 0 Å². The van der Waals surface area contributed by atoms with E-state index in [2.05, 4.69) is 16.7 Å². The zero-order chi connectivity index (χ0) is 6.24. The molecular weight excluding hydrogens is 128 g/mol. The van der Waals surface area contributed by atoms with Crippen LogP contribution in [-0.4, -0.2) is 12.7 Å². The summed E-state index contributed by atoms with van der Waals surface area (Å²) in [5.74, 6) is 0. The quantitative estimate of drug-likeness (QED) is 0.250. The molecule has 0 aliphatic heterocycles. The average molecular weight is 139 g/mol. The summed E-state index contributed by atoms with van der Waals surface area (Å²) in [5.41, 5.74) is 0. The predicted octanol–water partition coefficient (Wildman–Crippen LogP) is 1.93. The lowest BCUT2D eigenvalue weighted by molar-refractivity contribution is -0.280. The molecule has 0 aromatic rings. The maximum absolute atomic E-state index is 5.13. The van der Waals surface area contributed by atoms with Crippen LogP contribution in [0.25, 0.3) is 0 Å². The lowest BCUT2D eigenvalue weighted by atomic mass is 10.4. The summed E-state index contributed by atoms with van der Waals surface area (Å²) in [6.07, 6.45) is 2.14. The first-order valence-corrected chi connectivity index (χ1v) is 3.25. The topological polar surface area (TPSA) is 18.5 Å². The monoisotopic (exact) mass is 138 g/mol. The normalized spacial score (nSPS) is 9.75. The third-order valence-corrected chi connectivity index (χ3v) is 0.798. The summed E-state index contributed by atoms with van der Waals surface area (Å²) in [5, 5.41) is 0. The van der Waals surface area contributed by atoms with E-state index in [9.17, 15) is 0 Å². The van der Waals surface area contributed by atoms with Gasteiger partial charge in [-0.15, -0.1) is 0 Å². The van der Waals surface area contributed by atoms with E-state index in [-0.39, 0.29) is 6.07 Å². The highest BCUT2D eigenvalue weighted by molar-refractivity contribution is 6.17. The van der Waals surface area contributed by atoms with Gasteiger partial charge in [-0.25, -0.2) is 9.78 Å². The molecule has 0 amide bonds. The van der Waals surface area contributed by atoms with Gasteiger partial charge in [0, 0.05) is 0 Å². The number of halogens is 1. The van der Waals surface area contributed by atoms with Crippen molar-refractivity contribution >= 4 is 11.6 Å². The largest absolute Gasteiger partial charge is 0.236 e. The Morgan fingerprint density at radius 1 is 1.38 bits per heavy atom. The maximum atomic E-state index is 5.13. The molecule has 0 saturated heterocycles. The van der Waals surface area contributed by atoms with E-state index >= 15 is 0 Å². The third-order valence-electron chi connectivity index (χ3n) is 0.709. The van der Waals surface area contributed by atoms with Crippen LogP contribution in [0.4, 0.5) is 0 Å². The molecule has 0 rings (SSSR count). The first kappa shape index (κ1) is 8.21. The van der Waals surface area contributed by atoms with Gasteiger partial charge in [-0.1, -0.05) is 24.9 Å². The van der Waals surface area contributed by atoms with E-state index in [1.54, 1.807) is 0 Å². The Kier molecular flexibility index (Phi) is 7.40. The summed E-state index contributed by atoms with van der Waals surface area (Å²) < 4.78 is 0. The van der Waals surface area contributed by atoms with E-state index in [1.165, 1.54) is 0 Å². The second-order valence-corrected chi connectivity index (χ2v) is 1.62. The average Bonchev–Trinajstić information content (AvgIpc) is 1.81. The van der Waals surface area contributed by atoms with Crippen molar-refractivity contribution in [1.29, 1.82) is 0 Å². The van der Waals surface area contributed by atoms with Crippen LogP contribution in [0.3, 0.4) is 0 Å². The van der Waals surface area contributed by atoms with Crippen LogP contribution < -0.4 is 0 Å². The molecule has 0 bridgehead atoms. The van der Waals surface area contributed by atoms with Gasteiger partial charge in [0.2, 0.25) is 0 Å². The molecule has 8 heavy (non-hydrogen) atoms. The summed E-state index contributed by atoms with van der Waals surface area (Å²) >= 11 is 5.13. The van der Waals surface area contributed by atoms with E-state index < -0.39 is 0 Å². The van der Waals surface area contributed by atoms with Crippen LogP contribution in [0, 0.1) is 0 Å². The zero-order valence-electron chi connectivity index (χ0n) is 5.02. The fraction of sp³-hybridized carbons (Fsp3) is 1.00. The van der Waals surface area contributed by atoms with Crippen molar-refractivity contribution < 1.29 is 9.78 Å². The van der Waals surface area contributed by atoms with Gasteiger partial charge in [0.05, 0.1) is 6.61 Å². The molecule has 0 spiro atoms. The molecule has 0 atom stereocenters. The van der Waals surface area contributed by atoms with Crippen molar-refractivity contribution in [2.24, 2.45) is 0 Å². The molecule has 0 aromatic carbocycles. The minimum atomic E-state index is 0.115. The van der Waals surface area contributed by atoms with Gasteiger partial charge >= 0.3 is 0 Å². The second kappa shape index (κ2) is 7.21. The molecule has 0 unspecified atom stereocenters. The Hall–Kier alpha value is 0.210. The van der Waals surface area contributed by atoms with E-state index in [0.29, 0.717) is 6.61 Å². The molecule has 2 nitrogen and oxygen atoms in total. The van der Waals surface area contributed by atoms with E-state index in [0.717, 1.165) is 12.8 Å². The molecule has 50 valence electrons. The number of rotatable bonds is 5. The minimum absolute atomic E-state index is 0.115. The summed E-state index contributed by atoms with van der Waals surface area (Å²) in [6, 6.07) is 0.115. The lowest BCUT2D eigenvalue weighted by Crippen LogP contribution is -1.93. The van der Waals surface area contributed by atoms with Gasteiger partial charge in [0.25, 0.3) is 0 Å². The van der Waals surface area contributed by atoms with Crippen LogP contribution in [0.2, 0.25) is 0 Å². The third kappa shape index (κ3) is 6.21.